The molecule has 0 aliphatic carbocycles. The molecular weight excluding hydrogens is 469 g/mol. The molecule has 2 amide bonds. The second-order valence-corrected chi connectivity index (χ2v) is 7.20. The largest absolute Gasteiger partial charge is 0.494 e. The molecule has 0 saturated carbocycles. The fraction of sp³-hybridized carbons (Fsp3) is 0.217. The molecule has 0 radical (unpaired) electrons. The average molecular weight is 490 g/mol. The molecule has 1 atom stereocenters. The summed E-state index contributed by atoms with van der Waals surface area (Å²) in [5.74, 6) is -2.95. The summed E-state index contributed by atoms with van der Waals surface area (Å²) in [4.78, 5) is 36.6. The number of amides is 2. The smallest absolute Gasteiger partial charge is 0.435 e. The maximum atomic E-state index is 13.5. The minimum absolute atomic E-state index is 0.201. The first kappa shape index (κ1) is 25.3. The van der Waals surface area contributed by atoms with Gasteiger partial charge in [-0.15, -0.1) is 0 Å². The summed E-state index contributed by atoms with van der Waals surface area (Å²) in [6, 6.07) is 12.1. The number of hydrogen-bond acceptors (Lipinski definition) is 5. The van der Waals surface area contributed by atoms with E-state index in [-0.39, 0.29) is 11.3 Å². The van der Waals surface area contributed by atoms with Gasteiger partial charge in [0.1, 0.15) is 11.8 Å². The molecule has 0 aliphatic rings. The summed E-state index contributed by atoms with van der Waals surface area (Å²) < 4.78 is 46.7. The van der Waals surface area contributed by atoms with Gasteiger partial charge < -0.3 is 20.5 Å². The van der Waals surface area contributed by atoms with Crippen LogP contribution in [0.2, 0.25) is 0 Å². The summed E-state index contributed by atoms with van der Waals surface area (Å²) in [7, 11) is 0. The number of rotatable bonds is 9. The molecule has 184 valence electrons. The van der Waals surface area contributed by atoms with E-state index in [0.29, 0.717) is 12.4 Å². The molecule has 3 N–H and O–H groups in total. The molecule has 1 aromatic heterocycles. The summed E-state index contributed by atoms with van der Waals surface area (Å²) in [5.41, 5.74) is -1.85. The van der Waals surface area contributed by atoms with Crippen molar-refractivity contribution in [1.82, 2.24) is 20.4 Å². The maximum absolute atomic E-state index is 13.5. The SMILES string of the molecule is CCOc1ccc(C(=O)NC[C@@H](NC(=O)c2cn(-c3ccccc3)nc2C(F)(F)F)C(=O)O)cc1. The lowest BCUT2D eigenvalue weighted by Crippen LogP contribution is -2.48. The van der Waals surface area contributed by atoms with Crippen molar-refractivity contribution in [2.75, 3.05) is 13.2 Å². The fourth-order valence-electron chi connectivity index (χ4n) is 3.06. The van der Waals surface area contributed by atoms with Crippen LogP contribution in [0.15, 0.2) is 60.8 Å². The van der Waals surface area contributed by atoms with E-state index in [1.165, 1.54) is 24.3 Å². The molecule has 2 aromatic carbocycles. The summed E-state index contributed by atoms with van der Waals surface area (Å²) in [6.45, 7) is 1.67. The van der Waals surface area contributed by atoms with Crippen molar-refractivity contribution in [2.24, 2.45) is 0 Å². The van der Waals surface area contributed by atoms with Crippen LogP contribution in [0.4, 0.5) is 13.2 Å². The van der Waals surface area contributed by atoms with Gasteiger partial charge in [-0.1, -0.05) is 18.2 Å². The van der Waals surface area contributed by atoms with Crippen LogP contribution < -0.4 is 15.4 Å². The second-order valence-electron chi connectivity index (χ2n) is 7.20. The van der Waals surface area contributed by atoms with E-state index in [1.807, 2.05) is 5.32 Å². The van der Waals surface area contributed by atoms with Crippen molar-refractivity contribution >= 4 is 17.8 Å². The molecule has 3 rings (SSSR count). The lowest BCUT2D eigenvalue weighted by atomic mass is 10.2. The number of alkyl halides is 3. The Morgan fingerprint density at radius 2 is 1.71 bits per heavy atom. The van der Waals surface area contributed by atoms with Gasteiger partial charge in [0.25, 0.3) is 11.8 Å². The summed E-state index contributed by atoms with van der Waals surface area (Å²) in [6.07, 6.45) is -4.10. The first-order chi connectivity index (χ1) is 16.6. The number of benzene rings is 2. The Bertz CT molecular complexity index is 1190. The first-order valence-electron chi connectivity index (χ1n) is 10.4. The van der Waals surface area contributed by atoms with Crippen LogP contribution >= 0.6 is 0 Å². The Morgan fingerprint density at radius 3 is 2.29 bits per heavy atom. The lowest BCUT2D eigenvalue weighted by Gasteiger charge is -2.16. The normalized spacial score (nSPS) is 12.0. The van der Waals surface area contributed by atoms with Crippen molar-refractivity contribution in [2.45, 2.75) is 19.1 Å². The highest BCUT2D eigenvalue weighted by Gasteiger charge is 2.40. The highest BCUT2D eigenvalue weighted by molar-refractivity contribution is 5.98. The third-order valence-electron chi connectivity index (χ3n) is 4.75. The zero-order chi connectivity index (χ0) is 25.6. The van der Waals surface area contributed by atoms with E-state index in [2.05, 4.69) is 10.4 Å². The van der Waals surface area contributed by atoms with Gasteiger partial charge in [0, 0.05) is 18.3 Å². The third-order valence-corrected chi connectivity index (χ3v) is 4.75. The number of carbonyl (C=O) groups is 3. The Morgan fingerprint density at radius 1 is 1.06 bits per heavy atom. The topological polar surface area (TPSA) is 123 Å². The second kappa shape index (κ2) is 10.7. The first-order valence-corrected chi connectivity index (χ1v) is 10.4. The standard InChI is InChI=1S/C23H21F3N4O5/c1-2-35-16-10-8-14(9-11-16)20(31)27-12-18(22(33)34)28-21(32)17-13-30(15-6-4-3-5-7-15)29-19(17)23(24,25)26/h3-11,13,18H,2,12H2,1H3,(H,27,31)(H,28,32)(H,33,34)/t18-/m1/s1. The van der Waals surface area contributed by atoms with Crippen LogP contribution in [0.25, 0.3) is 5.69 Å². The summed E-state index contributed by atoms with van der Waals surface area (Å²) in [5, 5.41) is 17.3. The molecule has 0 bridgehead atoms. The van der Waals surface area contributed by atoms with Gasteiger partial charge in [-0.2, -0.15) is 18.3 Å². The maximum Gasteiger partial charge on any atom is 0.435 e. The molecule has 0 unspecified atom stereocenters. The van der Waals surface area contributed by atoms with Gasteiger partial charge in [-0.3, -0.25) is 9.59 Å². The monoisotopic (exact) mass is 490 g/mol. The molecule has 0 aliphatic heterocycles. The van der Waals surface area contributed by atoms with E-state index >= 15 is 0 Å². The number of aliphatic carboxylic acids is 1. The van der Waals surface area contributed by atoms with Gasteiger partial charge >= 0.3 is 12.1 Å². The van der Waals surface area contributed by atoms with Crippen LogP contribution in [0, 0.1) is 0 Å². The molecule has 1 heterocycles. The molecule has 0 saturated heterocycles. The Kier molecular flexibility index (Phi) is 7.74. The van der Waals surface area contributed by atoms with Crippen LogP contribution in [-0.4, -0.2) is 51.9 Å². The minimum atomic E-state index is -4.96. The van der Waals surface area contributed by atoms with Crippen molar-refractivity contribution in [3.8, 4) is 11.4 Å². The van der Waals surface area contributed by atoms with E-state index < -0.39 is 47.8 Å². The Labute approximate surface area is 197 Å². The van der Waals surface area contributed by atoms with E-state index in [9.17, 15) is 32.7 Å². The molecule has 9 nitrogen and oxygen atoms in total. The number of halogens is 3. The molecule has 35 heavy (non-hydrogen) atoms. The van der Waals surface area contributed by atoms with Crippen molar-refractivity contribution in [3.63, 3.8) is 0 Å². The number of carboxylic acids is 1. The zero-order valence-corrected chi connectivity index (χ0v) is 18.4. The van der Waals surface area contributed by atoms with Gasteiger partial charge in [-0.05, 0) is 43.3 Å². The van der Waals surface area contributed by atoms with Crippen LogP contribution in [0.5, 0.6) is 5.75 Å². The number of carboxylic acid groups (broad SMARTS) is 1. The van der Waals surface area contributed by atoms with Crippen LogP contribution in [0.3, 0.4) is 0 Å². The molecule has 3 aromatic rings. The zero-order valence-electron chi connectivity index (χ0n) is 18.4. The molecule has 0 fully saturated rings. The number of carbonyl (C=O) groups excluding carboxylic acids is 2. The minimum Gasteiger partial charge on any atom is -0.494 e. The Balaban J connectivity index is 1.74. The number of nitrogens with one attached hydrogen (secondary N) is 2. The number of para-hydroxylation sites is 1. The number of nitrogens with zero attached hydrogens (tertiary/aromatic N) is 2. The average Bonchev–Trinajstić information content (AvgIpc) is 3.29. The van der Waals surface area contributed by atoms with Gasteiger partial charge in [0.05, 0.1) is 17.9 Å². The van der Waals surface area contributed by atoms with E-state index in [0.717, 1.165) is 10.9 Å². The van der Waals surface area contributed by atoms with Gasteiger partial charge in [0.2, 0.25) is 0 Å². The highest BCUT2D eigenvalue weighted by atomic mass is 19.4. The molecule has 0 spiro atoms. The quantitative estimate of drug-likeness (QED) is 0.424. The van der Waals surface area contributed by atoms with Crippen LogP contribution in [0.1, 0.15) is 33.3 Å². The lowest BCUT2D eigenvalue weighted by molar-refractivity contribution is -0.141. The molecule has 12 heteroatoms. The predicted octanol–water partition coefficient (Wildman–Crippen LogP) is 2.90. The fourth-order valence-corrected chi connectivity index (χ4v) is 3.06. The van der Waals surface area contributed by atoms with Crippen LogP contribution in [-0.2, 0) is 11.0 Å². The van der Waals surface area contributed by atoms with Crippen molar-refractivity contribution in [3.05, 3.63) is 77.6 Å². The number of hydrogen-bond donors (Lipinski definition) is 3. The van der Waals surface area contributed by atoms with E-state index in [1.54, 1.807) is 37.3 Å². The van der Waals surface area contributed by atoms with Gasteiger partial charge in [0.15, 0.2) is 5.69 Å². The van der Waals surface area contributed by atoms with Crippen molar-refractivity contribution in [1.29, 1.82) is 0 Å². The number of aromatic nitrogens is 2. The predicted molar refractivity (Wildman–Crippen MR) is 117 cm³/mol. The third kappa shape index (κ3) is 6.37. The summed E-state index contributed by atoms with van der Waals surface area (Å²) >= 11 is 0. The van der Waals surface area contributed by atoms with E-state index in [4.69, 9.17) is 4.74 Å². The molecular formula is C23H21F3N4O5. The number of ether oxygens (including phenoxy) is 1. The van der Waals surface area contributed by atoms with Crippen molar-refractivity contribution < 1.29 is 37.4 Å². The Hall–Kier alpha value is -4.35. The highest BCUT2D eigenvalue weighted by Crippen LogP contribution is 2.31. The van der Waals surface area contributed by atoms with Gasteiger partial charge in [-0.25, -0.2) is 9.48 Å².